The normalized spacial score (nSPS) is 20.2. The van der Waals surface area contributed by atoms with Crippen molar-refractivity contribution in [3.8, 4) is 17.5 Å². The van der Waals surface area contributed by atoms with Crippen molar-refractivity contribution >= 4 is 5.91 Å². The lowest BCUT2D eigenvalue weighted by molar-refractivity contribution is 0.0589. The predicted molar refractivity (Wildman–Crippen MR) is 105 cm³/mol. The van der Waals surface area contributed by atoms with E-state index in [-0.39, 0.29) is 23.3 Å². The summed E-state index contributed by atoms with van der Waals surface area (Å²) in [7, 11) is 1.88. The standard InChI is InChI=1S/C21H20N6O2/c1-25-5-4-23-19(25)16-2-3-18-15-6-14(11-27(18)20(16)28)10-26(12-15)21(29)17-7-13(8-22)9-24-17/h2-5,7,9,14-15,24H,6,10-12H2,1H3/t14-,15+/m0/s1. The van der Waals surface area contributed by atoms with Gasteiger partial charge in [0.25, 0.3) is 11.5 Å². The second-order valence-corrected chi connectivity index (χ2v) is 7.87. The summed E-state index contributed by atoms with van der Waals surface area (Å²) >= 11 is 0. The Hall–Kier alpha value is -3.60. The molecular formula is C21H20N6O2. The number of aryl methyl sites for hydroxylation is 1. The smallest absolute Gasteiger partial charge is 0.270 e. The van der Waals surface area contributed by atoms with Gasteiger partial charge in [-0.2, -0.15) is 5.26 Å². The van der Waals surface area contributed by atoms with Crippen LogP contribution in [0.5, 0.6) is 0 Å². The molecule has 2 atom stereocenters. The first-order valence-corrected chi connectivity index (χ1v) is 9.64. The number of amides is 1. The van der Waals surface area contributed by atoms with Gasteiger partial charge >= 0.3 is 0 Å². The Morgan fingerprint density at radius 2 is 2.17 bits per heavy atom. The quantitative estimate of drug-likeness (QED) is 0.722. The van der Waals surface area contributed by atoms with Crippen molar-refractivity contribution in [1.29, 1.82) is 5.26 Å². The van der Waals surface area contributed by atoms with Gasteiger partial charge in [-0.15, -0.1) is 0 Å². The molecule has 2 aliphatic heterocycles. The molecule has 3 aromatic rings. The molecule has 1 amide bonds. The van der Waals surface area contributed by atoms with Crippen LogP contribution in [0.3, 0.4) is 0 Å². The van der Waals surface area contributed by atoms with Crippen LogP contribution in [0.15, 0.2) is 41.6 Å². The van der Waals surface area contributed by atoms with Crippen LogP contribution in [0.2, 0.25) is 0 Å². The minimum Gasteiger partial charge on any atom is -0.356 e. The third kappa shape index (κ3) is 2.78. The van der Waals surface area contributed by atoms with Gasteiger partial charge in [0.05, 0.1) is 11.1 Å². The number of fused-ring (bicyclic) bond motifs is 4. The average molecular weight is 388 g/mol. The molecule has 0 radical (unpaired) electrons. The number of H-pyrrole nitrogens is 1. The number of imidazole rings is 1. The first-order valence-electron chi connectivity index (χ1n) is 9.64. The lowest BCUT2D eigenvalue weighted by Gasteiger charge is -2.42. The van der Waals surface area contributed by atoms with Crippen molar-refractivity contribution < 1.29 is 4.79 Å². The molecule has 5 heterocycles. The fraction of sp³-hybridized carbons (Fsp3) is 0.333. The summed E-state index contributed by atoms with van der Waals surface area (Å²) < 4.78 is 3.71. The minimum absolute atomic E-state index is 0.0192. The molecular weight excluding hydrogens is 368 g/mol. The number of carbonyl (C=O) groups is 1. The van der Waals surface area contributed by atoms with Crippen molar-refractivity contribution in [3.05, 3.63) is 64.1 Å². The third-order valence-corrected chi connectivity index (χ3v) is 6.00. The average Bonchev–Trinajstić information content (AvgIpc) is 3.37. The second-order valence-electron chi connectivity index (χ2n) is 7.87. The minimum atomic E-state index is -0.0957. The van der Waals surface area contributed by atoms with Gasteiger partial charge in [0.15, 0.2) is 0 Å². The molecule has 0 saturated carbocycles. The van der Waals surface area contributed by atoms with E-state index in [1.54, 1.807) is 18.5 Å². The second kappa shape index (κ2) is 6.48. The van der Waals surface area contributed by atoms with Crippen LogP contribution in [0.4, 0.5) is 0 Å². The molecule has 0 aliphatic carbocycles. The van der Waals surface area contributed by atoms with Crippen LogP contribution >= 0.6 is 0 Å². The van der Waals surface area contributed by atoms with Crippen LogP contribution in [0.25, 0.3) is 11.4 Å². The maximum Gasteiger partial charge on any atom is 0.270 e. The summed E-state index contributed by atoms with van der Waals surface area (Å²) in [5.41, 5.74) is 2.44. The highest BCUT2D eigenvalue weighted by Gasteiger charge is 2.37. The number of aromatic nitrogens is 4. The van der Waals surface area contributed by atoms with Gasteiger partial charge in [-0.1, -0.05) is 0 Å². The van der Waals surface area contributed by atoms with E-state index < -0.39 is 0 Å². The third-order valence-electron chi connectivity index (χ3n) is 6.00. The zero-order valence-corrected chi connectivity index (χ0v) is 16.0. The first-order chi connectivity index (χ1) is 14.0. The zero-order valence-electron chi connectivity index (χ0n) is 16.0. The van der Waals surface area contributed by atoms with Gasteiger partial charge in [0.2, 0.25) is 0 Å². The molecule has 8 heteroatoms. The van der Waals surface area contributed by atoms with E-state index in [2.05, 4.69) is 9.97 Å². The Morgan fingerprint density at radius 1 is 1.31 bits per heavy atom. The highest BCUT2D eigenvalue weighted by atomic mass is 16.2. The number of nitrogens with one attached hydrogen (secondary N) is 1. The predicted octanol–water partition coefficient (Wildman–Crippen LogP) is 1.71. The highest BCUT2D eigenvalue weighted by Crippen LogP contribution is 2.36. The molecule has 146 valence electrons. The summed E-state index contributed by atoms with van der Waals surface area (Å²) in [5, 5.41) is 8.98. The SMILES string of the molecule is Cn1ccnc1-c1ccc2n(c1=O)C[C@H]1C[C@@H]2CN(C(=O)c2cc(C#N)c[nH]2)C1. The number of nitriles is 1. The molecule has 2 bridgehead atoms. The maximum atomic E-state index is 13.2. The number of rotatable bonds is 2. The molecule has 29 heavy (non-hydrogen) atoms. The van der Waals surface area contributed by atoms with E-state index in [0.29, 0.717) is 42.3 Å². The Kier molecular flexibility index (Phi) is 3.91. The molecule has 0 aromatic carbocycles. The van der Waals surface area contributed by atoms with Crippen molar-refractivity contribution in [2.45, 2.75) is 18.9 Å². The first kappa shape index (κ1) is 17.5. The number of piperidine rings is 1. The van der Waals surface area contributed by atoms with Crippen molar-refractivity contribution in [3.63, 3.8) is 0 Å². The molecule has 0 spiro atoms. The molecule has 5 rings (SSSR count). The van der Waals surface area contributed by atoms with Crippen molar-refractivity contribution in [2.75, 3.05) is 13.1 Å². The molecule has 0 unspecified atom stereocenters. The molecule has 1 N–H and O–H groups in total. The van der Waals surface area contributed by atoms with Crippen LogP contribution in [-0.2, 0) is 13.6 Å². The van der Waals surface area contributed by atoms with E-state index in [9.17, 15) is 9.59 Å². The van der Waals surface area contributed by atoms with Gasteiger partial charge in [-0.05, 0) is 30.5 Å². The van der Waals surface area contributed by atoms with Gasteiger partial charge in [0.1, 0.15) is 17.6 Å². The van der Waals surface area contributed by atoms with Crippen LogP contribution < -0.4 is 5.56 Å². The summed E-state index contributed by atoms with van der Waals surface area (Å²) in [6, 6.07) is 7.48. The fourth-order valence-corrected chi connectivity index (χ4v) is 4.66. The van der Waals surface area contributed by atoms with Gasteiger partial charge in [0, 0.05) is 56.9 Å². The van der Waals surface area contributed by atoms with Crippen molar-refractivity contribution in [2.24, 2.45) is 13.0 Å². The molecule has 1 saturated heterocycles. The Labute approximate surface area is 167 Å². The summed E-state index contributed by atoms with van der Waals surface area (Å²) in [5.74, 6) is 0.921. The van der Waals surface area contributed by atoms with E-state index in [0.717, 1.165) is 12.1 Å². The monoisotopic (exact) mass is 388 g/mol. The highest BCUT2D eigenvalue weighted by molar-refractivity contribution is 5.93. The summed E-state index contributed by atoms with van der Waals surface area (Å²) in [6.07, 6.45) is 6.04. The van der Waals surface area contributed by atoms with Crippen LogP contribution in [0, 0.1) is 17.2 Å². The Morgan fingerprint density at radius 3 is 2.90 bits per heavy atom. The number of hydrogen-bond donors (Lipinski definition) is 1. The van der Waals surface area contributed by atoms with Crippen LogP contribution in [-0.4, -0.2) is 43.0 Å². The number of carbonyl (C=O) groups excluding carboxylic acids is 1. The van der Waals surface area contributed by atoms with E-state index >= 15 is 0 Å². The number of hydrogen-bond acceptors (Lipinski definition) is 4. The molecule has 2 aliphatic rings. The number of nitrogens with zero attached hydrogens (tertiary/aromatic N) is 5. The van der Waals surface area contributed by atoms with Gasteiger partial charge < -0.3 is 19.0 Å². The molecule has 1 fully saturated rings. The van der Waals surface area contributed by atoms with E-state index in [1.807, 2.05) is 45.5 Å². The lowest BCUT2D eigenvalue weighted by Crippen LogP contribution is -2.49. The number of pyridine rings is 1. The van der Waals surface area contributed by atoms with Gasteiger partial charge in [-0.25, -0.2) is 4.98 Å². The molecule has 8 nitrogen and oxygen atoms in total. The largest absolute Gasteiger partial charge is 0.356 e. The zero-order chi connectivity index (χ0) is 20.1. The fourth-order valence-electron chi connectivity index (χ4n) is 4.66. The Bertz CT molecular complexity index is 1210. The number of aromatic amines is 1. The lowest BCUT2D eigenvalue weighted by atomic mass is 9.83. The summed E-state index contributed by atoms with van der Waals surface area (Å²) in [4.78, 5) is 35.1. The maximum absolute atomic E-state index is 13.2. The van der Waals surface area contributed by atoms with Crippen LogP contribution in [0.1, 0.15) is 34.1 Å². The van der Waals surface area contributed by atoms with E-state index in [1.165, 1.54) is 0 Å². The van der Waals surface area contributed by atoms with E-state index in [4.69, 9.17) is 5.26 Å². The topological polar surface area (TPSA) is 99.7 Å². The van der Waals surface area contributed by atoms with Crippen molar-refractivity contribution in [1.82, 2.24) is 24.0 Å². The number of likely N-dealkylation sites (tertiary alicyclic amines) is 1. The molecule has 3 aromatic heterocycles. The van der Waals surface area contributed by atoms with Gasteiger partial charge in [-0.3, -0.25) is 9.59 Å². The summed E-state index contributed by atoms with van der Waals surface area (Å²) in [6.45, 7) is 1.77. The Balaban J connectivity index is 1.46.